The van der Waals surface area contributed by atoms with E-state index in [0.717, 1.165) is 11.0 Å². The van der Waals surface area contributed by atoms with Crippen molar-refractivity contribution in [3.8, 4) is 0 Å². The van der Waals surface area contributed by atoms with Gasteiger partial charge in [-0.3, -0.25) is 9.59 Å². The number of carbonyl (C=O) groups is 2. The summed E-state index contributed by atoms with van der Waals surface area (Å²) in [5, 5.41) is 9.55. The molecule has 1 saturated heterocycles. The van der Waals surface area contributed by atoms with Crippen molar-refractivity contribution >= 4 is 27.7 Å². The number of aliphatic hydroxyl groups is 1. The summed E-state index contributed by atoms with van der Waals surface area (Å²) in [6.07, 6.45) is -0.750. The monoisotopic (exact) mass is 330 g/mol. The van der Waals surface area contributed by atoms with Gasteiger partial charge in [-0.05, 0) is 28.1 Å². The summed E-state index contributed by atoms with van der Waals surface area (Å²) >= 11 is 3.10. The molecule has 2 rings (SSSR count). The van der Waals surface area contributed by atoms with Crippen LogP contribution >= 0.6 is 15.9 Å². The second-order valence-electron chi connectivity index (χ2n) is 4.36. The van der Waals surface area contributed by atoms with Crippen LogP contribution in [0.25, 0.3) is 0 Å². The summed E-state index contributed by atoms with van der Waals surface area (Å²) in [6.45, 7) is -0.0345. The molecule has 1 fully saturated rings. The number of nitrogens with two attached hydrogens (primary N) is 1. The van der Waals surface area contributed by atoms with Gasteiger partial charge in [0.15, 0.2) is 0 Å². The fraction of sp³-hybridized carbons (Fsp3) is 0.333. The van der Waals surface area contributed by atoms with Gasteiger partial charge in [0, 0.05) is 17.4 Å². The number of aliphatic hydroxyl groups excluding tert-OH is 1. The molecule has 0 aliphatic carbocycles. The number of hydrogen-bond acceptors (Lipinski definition) is 3. The van der Waals surface area contributed by atoms with Crippen LogP contribution in [-0.2, 0) is 4.79 Å². The van der Waals surface area contributed by atoms with E-state index in [1.807, 2.05) is 0 Å². The smallest absolute Gasteiger partial charge is 0.258 e. The van der Waals surface area contributed by atoms with E-state index in [9.17, 15) is 19.1 Å². The first-order valence-corrected chi connectivity index (χ1v) is 6.43. The predicted molar refractivity (Wildman–Crippen MR) is 68.7 cm³/mol. The number of nitrogens with zero attached hydrogens (tertiary/aromatic N) is 1. The highest BCUT2D eigenvalue weighted by atomic mass is 79.9. The van der Waals surface area contributed by atoms with Gasteiger partial charge in [0.2, 0.25) is 5.91 Å². The molecule has 0 radical (unpaired) electrons. The maximum Gasteiger partial charge on any atom is 0.258 e. The van der Waals surface area contributed by atoms with Gasteiger partial charge in [-0.25, -0.2) is 4.39 Å². The zero-order chi connectivity index (χ0) is 14.2. The van der Waals surface area contributed by atoms with Gasteiger partial charge in [0.25, 0.3) is 5.91 Å². The number of rotatable bonds is 2. The molecule has 2 atom stereocenters. The van der Waals surface area contributed by atoms with Gasteiger partial charge in [0.1, 0.15) is 11.9 Å². The second-order valence-corrected chi connectivity index (χ2v) is 5.22. The molecular formula is C12H12BrFN2O3. The summed E-state index contributed by atoms with van der Waals surface area (Å²) in [5.74, 6) is -2.06. The zero-order valence-corrected chi connectivity index (χ0v) is 11.4. The lowest BCUT2D eigenvalue weighted by Gasteiger charge is -2.22. The minimum absolute atomic E-state index is 0.0345. The van der Waals surface area contributed by atoms with Crippen LogP contribution in [0.4, 0.5) is 4.39 Å². The van der Waals surface area contributed by atoms with Crippen molar-refractivity contribution < 1.29 is 19.1 Å². The van der Waals surface area contributed by atoms with Crippen molar-refractivity contribution in [3.63, 3.8) is 0 Å². The molecule has 1 heterocycles. The number of benzene rings is 1. The van der Waals surface area contributed by atoms with E-state index in [-0.39, 0.29) is 18.5 Å². The third-order valence-electron chi connectivity index (χ3n) is 3.04. The van der Waals surface area contributed by atoms with Gasteiger partial charge in [0.05, 0.1) is 11.7 Å². The van der Waals surface area contributed by atoms with E-state index < -0.39 is 29.8 Å². The molecule has 1 aliphatic heterocycles. The Morgan fingerprint density at radius 1 is 1.47 bits per heavy atom. The molecule has 19 heavy (non-hydrogen) atoms. The number of halogens is 2. The molecule has 0 bridgehead atoms. The number of hydrogen-bond donors (Lipinski definition) is 2. The lowest BCUT2D eigenvalue weighted by molar-refractivity contribution is -0.121. The summed E-state index contributed by atoms with van der Waals surface area (Å²) in [6, 6.07) is 3.24. The van der Waals surface area contributed by atoms with Crippen molar-refractivity contribution in [2.75, 3.05) is 6.54 Å². The average Bonchev–Trinajstić information content (AvgIpc) is 2.71. The SMILES string of the molecule is NC(=O)C1CC(O)CN1C(=O)c1c(F)cccc1Br. The third kappa shape index (κ3) is 2.62. The highest BCUT2D eigenvalue weighted by Gasteiger charge is 2.39. The number of β-amino-alcohol motifs (C(OH)–C–C–N with tert-alkyl or cyclic N) is 1. The van der Waals surface area contributed by atoms with Crippen LogP contribution in [-0.4, -0.2) is 40.5 Å². The Kier molecular flexibility index (Phi) is 3.86. The molecule has 0 spiro atoms. The lowest BCUT2D eigenvalue weighted by atomic mass is 10.1. The predicted octanol–water partition coefficient (Wildman–Crippen LogP) is 0.649. The average molecular weight is 331 g/mol. The second kappa shape index (κ2) is 5.26. The highest BCUT2D eigenvalue weighted by molar-refractivity contribution is 9.10. The van der Waals surface area contributed by atoms with Crippen molar-refractivity contribution in [2.45, 2.75) is 18.6 Å². The zero-order valence-electron chi connectivity index (χ0n) is 9.85. The number of primary amides is 1. The van der Waals surface area contributed by atoms with E-state index in [1.165, 1.54) is 12.1 Å². The van der Waals surface area contributed by atoms with E-state index in [2.05, 4.69) is 15.9 Å². The van der Waals surface area contributed by atoms with Crippen LogP contribution in [0.1, 0.15) is 16.8 Å². The van der Waals surface area contributed by atoms with Crippen LogP contribution < -0.4 is 5.73 Å². The molecule has 0 saturated carbocycles. The highest BCUT2D eigenvalue weighted by Crippen LogP contribution is 2.26. The molecule has 1 aliphatic rings. The molecule has 5 nitrogen and oxygen atoms in total. The number of amides is 2. The molecule has 2 amide bonds. The number of likely N-dealkylation sites (tertiary alicyclic amines) is 1. The minimum atomic E-state index is -0.908. The van der Waals surface area contributed by atoms with Crippen LogP contribution in [0.2, 0.25) is 0 Å². The molecule has 3 N–H and O–H groups in total. The Hall–Kier alpha value is -1.47. The Morgan fingerprint density at radius 2 is 2.16 bits per heavy atom. The van der Waals surface area contributed by atoms with Crippen LogP contribution in [0, 0.1) is 5.82 Å². The Morgan fingerprint density at radius 3 is 2.74 bits per heavy atom. The molecule has 7 heteroatoms. The first-order chi connectivity index (χ1) is 8.91. The normalized spacial score (nSPS) is 22.6. The maximum absolute atomic E-state index is 13.7. The molecule has 2 unspecified atom stereocenters. The van der Waals surface area contributed by atoms with E-state index in [1.54, 1.807) is 0 Å². The Bertz CT molecular complexity index is 517. The quantitative estimate of drug-likeness (QED) is 0.835. The first kappa shape index (κ1) is 14.0. The summed E-state index contributed by atoms with van der Waals surface area (Å²) < 4.78 is 14.0. The molecule has 1 aromatic carbocycles. The first-order valence-electron chi connectivity index (χ1n) is 5.64. The van der Waals surface area contributed by atoms with E-state index >= 15 is 0 Å². The van der Waals surface area contributed by atoms with E-state index in [0.29, 0.717) is 4.47 Å². The standard InChI is InChI=1S/C12H12BrFN2O3/c13-7-2-1-3-8(14)10(7)12(19)16-5-6(17)4-9(16)11(15)18/h1-3,6,9,17H,4-5H2,(H2,15,18). The molecular weight excluding hydrogens is 319 g/mol. The number of carbonyl (C=O) groups excluding carboxylic acids is 2. The summed E-state index contributed by atoms with van der Waals surface area (Å²) in [5.41, 5.74) is 5.03. The summed E-state index contributed by atoms with van der Waals surface area (Å²) in [7, 11) is 0. The molecule has 0 aromatic heterocycles. The summed E-state index contributed by atoms with van der Waals surface area (Å²) in [4.78, 5) is 24.7. The minimum Gasteiger partial charge on any atom is -0.391 e. The van der Waals surface area contributed by atoms with Gasteiger partial charge in [-0.15, -0.1) is 0 Å². The van der Waals surface area contributed by atoms with Crippen molar-refractivity contribution in [2.24, 2.45) is 5.73 Å². The Balaban J connectivity index is 2.36. The van der Waals surface area contributed by atoms with Crippen LogP contribution in [0.15, 0.2) is 22.7 Å². The molecule has 1 aromatic rings. The van der Waals surface area contributed by atoms with Gasteiger partial charge < -0.3 is 15.7 Å². The Labute approximate surface area is 117 Å². The third-order valence-corrected chi connectivity index (χ3v) is 3.71. The van der Waals surface area contributed by atoms with Gasteiger partial charge in [-0.1, -0.05) is 6.07 Å². The van der Waals surface area contributed by atoms with Crippen molar-refractivity contribution in [3.05, 3.63) is 34.1 Å². The topological polar surface area (TPSA) is 83.6 Å². The van der Waals surface area contributed by atoms with Crippen LogP contribution in [0.3, 0.4) is 0 Å². The molecule has 102 valence electrons. The van der Waals surface area contributed by atoms with Gasteiger partial charge >= 0.3 is 0 Å². The van der Waals surface area contributed by atoms with Crippen molar-refractivity contribution in [1.82, 2.24) is 4.90 Å². The van der Waals surface area contributed by atoms with Gasteiger partial charge in [-0.2, -0.15) is 0 Å². The fourth-order valence-corrected chi connectivity index (χ4v) is 2.67. The maximum atomic E-state index is 13.7. The lowest BCUT2D eigenvalue weighted by Crippen LogP contribution is -2.44. The van der Waals surface area contributed by atoms with E-state index in [4.69, 9.17) is 5.73 Å². The van der Waals surface area contributed by atoms with Crippen molar-refractivity contribution in [1.29, 1.82) is 0 Å². The largest absolute Gasteiger partial charge is 0.391 e. The van der Waals surface area contributed by atoms with Crippen LogP contribution in [0.5, 0.6) is 0 Å². The fourth-order valence-electron chi connectivity index (χ4n) is 2.15.